The van der Waals surface area contributed by atoms with E-state index in [1.807, 2.05) is 95.5 Å². The van der Waals surface area contributed by atoms with Gasteiger partial charge < -0.3 is 14.2 Å². The van der Waals surface area contributed by atoms with Gasteiger partial charge in [-0.05, 0) is 54.8 Å². The molecule has 0 bridgehead atoms. The van der Waals surface area contributed by atoms with Crippen molar-refractivity contribution in [2.45, 2.75) is 18.6 Å². The Morgan fingerprint density at radius 2 is 1.70 bits per heavy atom. The van der Waals surface area contributed by atoms with Gasteiger partial charge in [-0.15, -0.1) is 0 Å². The van der Waals surface area contributed by atoms with E-state index in [-0.39, 0.29) is 0 Å². The number of rotatable bonds is 8. The Hall–Kier alpha value is -4.04. The fourth-order valence-corrected chi connectivity index (χ4v) is 6.09. The monoisotopic (exact) mass is 515 g/mol. The maximum absolute atomic E-state index is 13.4. The van der Waals surface area contributed by atoms with Gasteiger partial charge in [0.2, 0.25) is 10.0 Å². The van der Waals surface area contributed by atoms with E-state index in [1.54, 1.807) is 12.1 Å². The predicted molar refractivity (Wildman–Crippen MR) is 146 cm³/mol. The number of aromatic nitrogens is 1. The Morgan fingerprint density at radius 3 is 2.41 bits per heavy atom. The zero-order valence-electron chi connectivity index (χ0n) is 20.8. The van der Waals surface area contributed by atoms with Gasteiger partial charge in [0.25, 0.3) is 0 Å². The number of methoxy groups -OCH3 is 1. The smallest absolute Gasteiger partial charge is 0.340 e. The maximum Gasteiger partial charge on any atom is 0.340 e. The van der Waals surface area contributed by atoms with E-state index in [9.17, 15) is 13.2 Å². The summed E-state index contributed by atoms with van der Waals surface area (Å²) in [5, 5.41) is -0.585. The van der Waals surface area contributed by atoms with Gasteiger partial charge in [-0.2, -0.15) is 0 Å². The van der Waals surface area contributed by atoms with Crippen LogP contribution in [0.2, 0.25) is 0 Å². The number of benzene rings is 3. The van der Waals surface area contributed by atoms with Crippen molar-refractivity contribution in [3.63, 3.8) is 0 Å². The lowest BCUT2D eigenvalue weighted by molar-refractivity contribution is 0.0600. The molecule has 0 aliphatic carbocycles. The molecule has 8 heteroatoms. The molecule has 3 aromatic carbocycles. The Labute approximate surface area is 217 Å². The van der Waals surface area contributed by atoms with Crippen LogP contribution < -0.4 is 9.62 Å². The summed E-state index contributed by atoms with van der Waals surface area (Å²) >= 11 is 0. The summed E-state index contributed by atoms with van der Waals surface area (Å²) < 4.78 is 36.4. The van der Waals surface area contributed by atoms with Crippen LogP contribution in [-0.4, -0.2) is 44.4 Å². The Morgan fingerprint density at radius 1 is 0.973 bits per heavy atom. The Bertz CT molecular complexity index is 1510. The summed E-state index contributed by atoms with van der Waals surface area (Å²) in [4.78, 5) is 14.4. The second kappa shape index (κ2) is 10.1. The van der Waals surface area contributed by atoms with E-state index in [0.29, 0.717) is 36.4 Å². The molecule has 37 heavy (non-hydrogen) atoms. The molecule has 2 heterocycles. The zero-order valence-corrected chi connectivity index (χ0v) is 21.6. The van der Waals surface area contributed by atoms with Gasteiger partial charge in [-0.25, -0.2) is 13.2 Å². The summed E-state index contributed by atoms with van der Waals surface area (Å²) in [6.07, 6.45) is 4.34. The number of aryl methyl sites for hydroxylation is 1. The van der Waals surface area contributed by atoms with Crippen LogP contribution in [0.4, 0.5) is 11.4 Å². The Balaban J connectivity index is 1.37. The molecule has 1 fully saturated rings. The first-order valence-corrected chi connectivity index (χ1v) is 13.6. The number of hydrogen-bond acceptors (Lipinski definition) is 5. The number of hydrogen-bond donors (Lipinski definition) is 1. The van der Waals surface area contributed by atoms with E-state index in [0.717, 1.165) is 22.4 Å². The van der Waals surface area contributed by atoms with Crippen molar-refractivity contribution in [2.75, 3.05) is 29.8 Å². The molecular formula is C29H29N3O4S. The first-order chi connectivity index (χ1) is 17.9. The summed E-state index contributed by atoms with van der Waals surface area (Å²) in [5.74, 6) is -0.442. The zero-order chi connectivity index (χ0) is 26.0. The van der Waals surface area contributed by atoms with Gasteiger partial charge in [0.1, 0.15) is 5.25 Å². The molecule has 0 atom stereocenters. The highest BCUT2D eigenvalue weighted by Gasteiger charge is 2.39. The number of nitrogens with one attached hydrogen (secondary N) is 1. The molecule has 0 radical (unpaired) electrons. The third-order valence-electron chi connectivity index (χ3n) is 6.66. The molecule has 1 aliphatic rings. The second-order valence-electron chi connectivity index (χ2n) is 9.25. The molecule has 190 valence electrons. The minimum atomic E-state index is -3.63. The lowest BCUT2D eigenvalue weighted by atomic mass is 10.0. The predicted octanol–water partition coefficient (Wildman–Crippen LogP) is 4.79. The highest BCUT2D eigenvalue weighted by Crippen LogP contribution is 2.34. The number of nitrogens with zero attached hydrogens (tertiary/aromatic N) is 2. The fourth-order valence-electron chi connectivity index (χ4n) is 4.67. The maximum atomic E-state index is 13.4. The van der Waals surface area contributed by atoms with Gasteiger partial charge in [0, 0.05) is 25.5 Å². The number of carbonyl (C=O) groups excluding carboxylic acids is 1. The van der Waals surface area contributed by atoms with Crippen LogP contribution in [0.1, 0.15) is 27.0 Å². The molecule has 1 N–H and O–H groups in total. The van der Waals surface area contributed by atoms with Gasteiger partial charge >= 0.3 is 5.97 Å². The van der Waals surface area contributed by atoms with Crippen molar-refractivity contribution in [3.05, 3.63) is 114 Å². The minimum absolute atomic E-state index is 0.314. The highest BCUT2D eigenvalue weighted by atomic mass is 32.2. The summed E-state index contributed by atoms with van der Waals surface area (Å²) in [6.45, 7) is 2.63. The number of ether oxygens (including phenoxy) is 1. The van der Waals surface area contributed by atoms with E-state index in [4.69, 9.17) is 4.74 Å². The highest BCUT2D eigenvalue weighted by molar-refractivity contribution is 7.93. The molecule has 1 aromatic heterocycles. The van der Waals surface area contributed by atoms with E-state index in [1.165, 1.54) is 7.11 Å². The summed E-state index contributed by atoms with van der Waals surface area (Å²) in [6, 6.07) is 24.9. The van der Waals surface area contributed by atoms with Crippen LogP contribution in [0.15, 0.2) is 91.3 Å². The summed E-state index contributed by atoms with van der Waals surface area (Å²) in [7, 11) is -2.28. The van der Waals surface area contributed by atoms with Crippen molar-refractivity contribution >= 4 is 27.4 Å². The van der Waals surface area contributed by atoms with Crippen molar-refractivity contribution in [1.82, 2.24) is 4.57 Å². The quantitative estimate of drug-likeness (QED) is 0.341. The first kappa shape index (κ1) is 24.6. The number of sulfonamides is 1. The average molecular weight is 516 g/mol. The topological polar surface area (TPSA) is 80.6 Å². The Kier molecular flexibility index (Phi) is 6.76. The second-order valence-corrected chi connectivity index (χ2v) is 11.2. The van der Waals surface area contributed by atoms with Crippen LogP contribution in [0.5, 0.6) is 0 Å². The van der Waals surface area contributed by atoms with Crippen molar-refractivity contribution in [1.29, 1.82) is 0 Å². The van der Waals surface area contributed by atoms with Crippen molar-refractivity contribution in [3.8, 4) is 5.69 Å². The lowest BCUT2D eigenvalue weighted by Crippen LogP contribution is -2.56. The SMILES string of the molecule is COC(=O)c1cccc(N2CC(S(=O)(=O)Nc3ccc(C)cc3Cc3ccccc3)C2)c1-n1cccc1. The van der Waals surface area contributed by atoms with Crippen LogP contribution in [-0.2, 0) is 21.2 Å². The molecule has 5 rings (SSSR count). The molecule has 0 spiro atoms. The molecule has 7 nitrogen and oxygen atoms in total. The largest absolute Gasteiger partial charge is 0.465 e. The van der Waals surface area contributed by atoms with E-state index < -0.39 is 21.2 Å². The van der Waals surface area contributed by atoms with Crippen LogP contribution >= 0.6 is 0 Å². The van der Waals surface area contributed by atoms with Gasteiger partial charge in [-0.3, -0.25) is 4.72 Å². The molecule has 0 unspecified atom stereocenters. The fraction of sp³-hybridized carbons (Fsp3) is 0.207. The lowest BCUT2D eigenvalue weighted by Gasteiger charge is -2.41. The average Bonchev–Trinajstić information content (AvgIpc) is 3.39. The number of para-hydroxylation sites is 1. The number of esters is 1. The third kappa shape index (κ3) is 5.11. The van der Waals surface area contributed by atoms with Gasteiger partial charge in [0.15, 0.2) is 0 Å². The normalized spacial score (nSPS) is 13.7. The molecule has 1 saturated heterocycles. The van der Waals surface area contributed by atoms with Gasteiger partial charge in [-0.1, -0.05) is 54.1 Å². The summed E-state index contributed by atoms with van der Waals surface area (Å²) in [5.41, 5.74) is 5.61. The van der Waals surface area contributed by atoms with Crippen molar-refractivity contribution < 1.29 is 17.9 Å². The molecule has 0 amide bonds. The van der Waals surface area contributed by atoms with E-state index >= 15 is 0 Å². The molecule has 0 saturated carbocycles. The van der Waals surface area contributed by atoms with Crippen LogP contribution in [0.3, 0.4) is 0 Å². The standard InChI is InChI=1S/C29H29N3O4S/c1-21-13-14-26(23(17-21)18-22-9-4-3-5-10-22)30-37(34,35)24-19-32(20-24)27-12-8-11-25(29(33)36-2)28(27)31-15-6-7-16-31/h3-17,24,30H,18-20H2,1-2H3. The van der Waals surface area contributed by atoms with E-state index in [2.05, 4.69) is 4.72 Å². The third-order valence-corrected chi connectivity index (χ3v) is 8.34. The molecule has 4 aromatic rings. The van der Waals surface area contributed by atoms with Crippen molar-refractivity contribution in [2.24, 2.45) is 0 Å². The molecular weight excluding hydrogens is 486 g/mol. The number of anilines is 2. The first-order valence-electron chi connectivity index (χ1n) is 12.1. The van der Waals surface area contributed by atoms with Crippen LogP contribution in [0.25, 0.3) is 5.69 Å². The number of carbonyl (C=O) groups is 1. The van der Waals surface area contributed by atoms with Crippen LogP contribution in [0, 0.1) is 6.92 Å². The van der Waals surface area contributed by atoms with Gasteiger partial charge in [0.05, 0.1) is 29.7 Å². The minimum Gasteiger partial charge on any atom is -0.465 e. The molecule has 1 aliphatic heterocycles.